The Morgan fingerprint density at radius 3 is 2.02 bits per heavy atom. The van der Waals surface area contributed by atoms with Crippen molar-refractivity contribution in [1.82, 2.24) is 15.5 Å². The average molecular weight is 690 g/mol. The Labute approximate surface area is 296 Å². The summed E-state index contributed by atoms with van der Waals surface area (Å²) in [5.74, 6) is 2.94. The minimum atomic E-state index is -0.133. The third-order valence-corrected chi connectivity index (χ3v) is 10.1. The van der Waals surface area contributed by atoms with Gasteiger partial charge in [-0.1, -0.05) is 53.5 Å². The Kier molecular flexibility index (Phi) is 19.6. The quantitative estimate of drug-likeness (QED) is 0.146. The molecule has 280 valence electrons. The lowest BCUT2D eigenvalue weighted by Crippen LogP contribution is -2.42. The van der Waals surface area contributed by atoms with Crippen LogP contribution in [-0.4, -0.2) is 107 Å². The van der Waals surface area contributed by atoms with Gasteiger partial charge in [0.1, 0.15) is 12.4 Å². The first-order valence-corrected chi connectivity index (χ1v) is 19.1. The number of aliphatic hydroxyl groups is 1. The third kappa shape index (κ3) is 15.3. The normalized spacial score (nSPS) is 21.1. The summed E-state index contributed by atoms with van der Waals surface area (Å²) in [6.07, 6.45) is 8.73. The second kappa shape index (κ2) is 23.3. The predicted molar refractivity (Wildman–Crippen MR) is 194 cm³/mol. The number of nitrogens with one attached hydrogen (secondary N) is 2. The van der Waals surface area contributed by atoms with Crippen LogP contribution in [0.1, 0.15) is 96.6 Å². The molecule has 4 atom stereocenters. The fraction of sp³-hybridized carbons (Fsp3) is 0.795. The summed E-state index contributed by atoms with van der Waals surface area (Å²) in [6, 6.07) is 6.67. The lowest BCUT2D eigenvalue weighted by atomic mass is 9.67. The topological polar surface area (TPSA) is 119 Å². The van der Waals surface area contributed by atoms with Gasteiger partial charge in [0.15, 0.2) is 0 Å². The van der Waals surface area contributed by atoms with Crippen LogP contribution in [0, 0.1) is 23.7 Å². The van der Waals surface area contributed by atoms with Crippen LogP contribution in [0.3, 0.4) is 0 Å². The Bertz CT molecular complexity index is 1060. The van der Waals surface area contributed by atoms with Crippen LogP contribution in [0.2, 0.25) is 0 Å². The van der Waals surface area contributed by atoms with E-state index < -0.39 is 0 Å². The van der Waals surface area contributed by atoms with Crippen molar-refractivity contribution in [3.8, 4) is 5.75 Å². The summed E-state index contributed by atoms with van der Waals surface area (Å²) in [4.78, 5) is 26.0. The number of aliphatic hydroxyl groups excluding tert-OH is 1. The molecule has 0 saturated heterocycles. The van der Waals surface area contributed by atoms with E-state index in [4.69, 9.17) is 18.9 Å². The second-order valence-electron chi connectivity index (χ2n) is 14.4. The van der Waals surface area contributed by atoms with Crippen LogP contribution in [0.25, 0.3) is 0 Å². The molecular weight excluding hydrogens is 622 g/mol. The molecule has 49 heavy (non-hydrogen) atoms. The van der Waals surface area contributed by atoms with Crippen molar-refractivity contribution in [2.75, 3.05) is 79.0 Å². The fourth-order valence-corrected chi connectivity index (χ4v) is 7.16. The summed E-state index contributed by atoms with van der Waals surface area (Å²) in [6.45, 7) is 16.6. The van der Waals surface area contributed by atoms with Gasteiger partial charge in [-0.3, -0.25) is 14.5 Å². The van der Waals surface area contributed by atoms with Crippen molar-refractivity contribution in [2.45, 2.75) is 98.0 Å². The van der Waals surface area contributed by atoms with E-state index in [1.54, 1.807) is 0 Å². The van der Waals surface area contributed by atoms with Gasteiger partial charge in [0.05, 0.1) is 45.7 Å². The van der Waals surface area contributed by atoms with Gasteiger partial charge in [-0.25, -0.2) is 0 Å². The van der Waals surface area contributed by atoms with Crippen LogP contribution in [0.4, 0.5) is 0 Å². The number of aryl methyl sites for hydroxylation is 1. The average Bonchev–Trinajstić information content (AvgIpc) is 3.16. The predicted octanol–water partition coefficient (Wildman–Crippen LogP) is 4.96. The Balaban J connectivity index is 1.25. The molecule has 0 spiro atoms. The molecule has 0 aromatic heterocycles. The highest BCUT2D eigenvalue weighted by Crippen LogP contribution is 2.47. The summed E-state index contributed by atoms with van der Waals surface area (Å²) < 4.78 is 23.2. The van der Waals surface area contributed by atoms with E-state index >= 15 is 0 Å². The largest absolute Gasteiger partial charge is 0.491 e. The van der Waals surface area contributed by atoms with Crippen molar-refractivity contribution >= 4 is 11.8 Å². The van der Waals surface area contributed by atoms with Gasteiger partial charge in [-0.05, 0) is 79.5 Å². The molecular formula is C39H67N3O7. The number of fused-ring (bicyclic) bond motifs is 3. The minimum Gasteiger partial charge on any atom is -0.491 e. The first-order valence-electron chi connectivity index (χ1n) is 19.1. The molecule has 1 aromatic carbocycles. The van der Waals surface area contributed by atoms with E-state index in [2.05, 4.69) is 40.7 Å². The van der Waals surface area contributed by atoms with Gasteiger partial charge in [0.2, 0.25) is 11.8 Å². The third-order valence-electron chi connectivity index (χ3n) is 10.1. The van der Waals surface area contributed by atoms with Gasteiger partial charge < -0.3 is 34.7 Å². The first kappa shape index (κ1) is 41.2. The number of carbonyl (C=O) groups is 2. The highest BCUT2D eigenvalue weighted by Gasteiger charge is 2.35. The lowest BCUT2D eigenvalue weighted by Gasteiger charge is -2.38. The molecule has 3 rings (SSSR count). The number of carbonyl (C=O) groups excluding carboxylic acids is 2. The van der Waals surface area contributed by atoms with E-state index in [0.29, 0.717) is 90.8 Å². The van der Waals surface area contributed by atoms with Crippen LogP contribution in [0.15, 0.2) is 18.2 Å². The zero-order chi connectivity index (χ0) is 35.4. The Hall–Kier alpha value is -2.24. The van der Waals surface area contributed by atoms with Crippen molar-refractivity contribution < 1.29 is 33.6 Å². The molecule has 2 aliphatic rings. The Morgan fingerprint density at radius 1 is 0.796 bits per heavy atom. The summed E-state index contributed by atoms with van der Waals surface area (Å²) >= 11 is 0. The fourth-order valence-electron chi connectivity index (χ4n) is 7.16. The standard InChI is InChI=1S/C39H67N3O7/c1-6-31-10-12-33(43)8-7-9-37-35(31)14-11-32-28-34(13-15-36(32)37)49-27-26-48-25-24-47-23-22-46-21-20-42(18-16-40-38(44)29(2)3)19-17-41-39(45)30(4)5/h13,15,28-31,33,35,37,43H,6-12,14,16-27H2,1-5H3,(H,40,44)(H,41,45). The van der Waals surface area contributed by atoms with Crippen LogP contribution >= 0.6 is 0 Å². The molecule has 2 aliphatic carbocycles. The van der Waals surface area contributed by atoms with Gasteiger partial charge >= 0.3 is 0 Å². The van der Waals surface area contributed by atoms with E-state index in [0.717, 1.165) is 43.8 Å². The van der Waals surface area contributed by atoms with Crippen LogP contribution in [0.5, 0.6) is 5.75 Å². The molecule has 1 saturated carbocycles. The number of amides is 2. The van der Waals surface area contributed by atoms with E-state index in [9.17, 15) is 14.7 Å². The molecule has 0 radical (unpaired) electrons. The van der Waals surface area contributed by atoms with Crippen LogP contribution in [-0.2, 0) is 30.2 Å². The number of nitrogens with zero attached hydrogens (tertiary/aromatic N) is 1. The van der Waals surface area contributed by atoms with Crippen molar-refractivity contribution in [1.29, 1.82) is 0 Å². The molecule has 1 fully saturated rings. The molecule has 0 aliphatic heterocycles. The number of benzene rings is 1. The van der Waals surface area contributed by atoms with Crippen molar-refractivity contribution in [2.24, 2.45) is 23.7 Å². The minimum absolute atomic E-state index is 0.0408. The zero-order valence-electron chi connectivity index (χ0n) is 31.2. The van der Waals surface area contributed by atoms with Crippen molar-refractivity contribution in [3.63, 3.8) is 0 Å². The van der Waals surface area contributed by atoms with Gasteiger partial charge in [0.25, 0.3) is 0 Å². The molecule has 3 N–H and O–H groups in total. The van der Waals surface area contributed by atoms with Crippen LogP contribution < -0.4 is 15.4 Å². The summed E-state index contributed by atoms with van der Waals surface area (Å²) in [5.41, 5.74) is 2.94. The molecule has 4 unspecified atom stereocenters. The lowest BCUT2D eigenvalue weighted by molar-refractivity contribution is -0.124. The van der Waals surface area contributed by atoms with E-state index in [-0.39, 0.29) is 29.8 Å². The molecule has 1 aromatic rings. The maximum Gasteiger partial charge on any atom is 0.222 e. The van der Waals surface area contributed by atoms with E-state index in [1.807, 2.05) is 27.7 Å². The maximum absolute atomic E-state index is 11.9. The SMILES string of the molecule is CCC1CCC(O)CCCC2c3ccc(OCCOCCOCCOCCN(CCNC(=O)C(C)C)CCNC(=O)C(C)C)cc3CCC12. The van der Waals surface area contributed by atoms with E-state index in [1.165, 1.54) is 30.4 Å². The van der Waals surface area contributed by atoms with Gasteiger partial charge in [-0.15, -0.1) is 0 Å². The summed E-state index contributed by atoms with van der Waals surface area (Å²) in [5, 5.41) is 16.3. The van der Waals surface area contributed by atoms with Gasteiger partial charge in [-0.2, -0.15) is 0 Å². The number of hydrogen-bond donors (Lipinski definition) is 3. The Morgan fingerprint density at radius 2 is 1.41 bits per heavy atom. The monoisotopic (exact) mass is 689 g/mol. The highest BCUT2D eigenvalue weighted by atomic mass is 16.6. The second-order valence-corrected chi connectivity index (χ2v) is 14.4. The smallest absolute Gasteiger partial charge is 0.222 e. The maximum atomic E-state index is 11.9. The summed E-state index contributed by atoms with van der Waals surface area (Å²) in [7, 11) is 0. The van der Waals surface area contributed by atoms with Crippen molar-refractivity contribution in [3.05, 3.63) is 29.3 Å². The number of rotatable bonds is 22. The molecule has 0 bridgehead atoms. The molecule has 0 heterocycles. The number of ether oxygens (including phenoxy) is 4. The van der Waals surface area contributed by atoms with Gasteiger partial charge in [0, 0.05) is 44.6 Å². The molecule has 10 heteroatoms. The zero-order valence-corrected chi connectivity index (χ0v) is 31.2. The molecule has 10 nitrogen and oxygen atoms in total. The number of hydrogen-bond acceptors (Lipinski definition) is 8. The first-order chi connectivity index (χ1) is 23.7. The molecule has 2 amide bonds. The highest BCUT2D eigenvalue weighted by molar-refractivity contribution is 5.78.